The molecule has 0 saturated heterocycles. The van der Waals surface area contributed by atoms with Crippen molar-refractivity contribution in [3.63, 3.8) is 0 Å². The lowest BCUT2D eigenvalue weighted by molar-refractivity contribution is -0.131. The minimum absolute atomic E-state index is 0.191. The van der Waals surface area contributed by atoms with E-state index in [-0.39, 0.29) is 12.6 Å². The van der Waals surface area contributed by atoms with Crippen molar-refractivity contribution >= 4 is 18.1 Å². The Morgan fingerprint density at radius 3 is 2.40 bits per heavy atom. The van der Waals surface area contributed by atoms with E-state index in [1.54, 1.807) is 42.5 Å². The first-order chi connectivity index (χ1) is 12.1. The van der Waals surface area contributed by atoms with E-state index < -0.39 is 5.91 Å². The van der Waals surface area contributed by atoms with Gasteiger partial charge in [-0.3, -0.25) is 9.59 Å². The third-order valence-corrected chi connectivity index (χ3v) is 2.97. The summed E-state index contributed by atoms with van der Waals surface area (Å²) < 4.78 is 15.4. The van der Waals surface area contributed by atoms with Gasteiger partial charge in [-0.15, -0.1) is 0 Å². The average molecular weight is 342 g/mol. The molecule has 7 heteroatoms. The van der Waals surface area contributed by atoms with Gasteiger partial charge in [-0.1, -0.05) is 12.1 Å². The maximum absolute atomic E-state index is 11.7. The molecule has 0 aromatic heterocycles. The van der Waals surface area contributed by atoms with E-state index in [4.69, 9.17) is 14.2 Å². The number of nitrogens with zero attached hydrogens (tertiary/aromatic N) is 1. The van der Waals surface area contributed by atoms with Gasteiger partial charge in [0.25, 0.3) is 5.91 Å². The van der Waals surface area contributed by atoms with Crippen LogP contribution >= 0.6 is 0 Å². The minimum atomic E-state index is -0.404. The Balaban J connectivity index is 1.81. The van der Waals surface area contributed by atoms with E-state index in [1.807, 2.05) is 6.07 Å². The molecule has 0 aliphatic heterocycles. The number of para-hydroxylation sites is 2. The highest BCUT2D eigenvalue weighted by molar-refractivity contribution is 5.83. The van der Waals surface area contributed by atoms with Crippen molar-refractivity contribution in [3.8, 4) is 17.2 Å². The fourth-order valence-corrected chi connectivity index (χ4v) is 1.88. The van der Waals surface area contributed by atoms with Crippen molar-refractivity contribution in [3.05, 3.63) is 54.1 Å². The molecule has 0 aliphatic carbocycles. The molecule has 0 aliphatic rings. The molecule has 1 N–H and O–H groups in total. The Morgan fingerprint density at radius 1 is 1.08 bits per heavy atom. The molecule has 2 aromatic rings. The number of carbonyl (C=O) groups is 2. The van der Waals surface area contributed by atoms with Gasteiger partial charge in [0.05, 0.1) is 13.3 Å². The van der Waals surface area contributed by atoms with Gasteiger partial charge in [-0.2, -0.15) is 5.10 Å². The second-order valence-electron chi connectivity index (χ2n) is 4.90. The van der Waals surface area contributed by atoms with Crippen molar-refractivity contribution in [2.24, 2.45) is 5.10 Å². The van der Waals surface area contributed by atoms with Crippen LogP contribution in [0.2, 0.25) is 0 Å². The molecule has 130 valence electrons. The maximum atomic E-state index is 11.7. The molecule has 0 heterocycles. The van der Waals surface area contributed by atoms with Gasteiger partial charge in [-0.05, 0) is 42.0 Å². The predicted octanol–water partition coefficient (Wildman–Crippen LogP) is 2.15. The number of nitrogens with one attached hydrogen (secondary N) is 1. The van der Waals surface area contributed by atoms with Gasteiger partial charge in [0, 0.05) is 6.92 Å². The van der Waals surface area contributed by atoms with E-state index >= 15 is 0 Å². The molecule has 0 unspecified atom stereocenters. The molecule has 7 nitrogen and oxygen atoms in total. The highest BCUT2D eigenvalue weighted by Crippen LogP contribution is 2.25. The number of esters is 1. The van der Waals surface area contributed by atoms with Crippen LogP contribution in [0.25, 0.3) is 0 Å². The van der Waals surface area contributed by atoms with Crippen LogP contribution in [0.1, 0.15) is 12.5 Å². The number of benzene rings is 2. The molecule has 2 aromatic carbocycles. The van der Waals surface area contributed by atoms with E-state index in [0.717, 1.165) is 5.56 Å². The summed E-state index contributed by atoms with van der Waals surface area (Å²) in [4.78, 5) is 22.6. The maximum Gasteiger partial charge on any atom is 0.308 e. The lowest BCUT2D eigenvalue weighted by Crippen LogP contribution is -2.24. The van der Waals surface area contributed by atoms with Crippen LogP contribution in [0.15, 0.2) is 53.6 Å². The van der Waals surface area contributed by atoms with Gasteiger partial charge in [0.15, 0.2) is 18.1 Å². The number of carbonyl (C=O) groups excluding carboxylic acids is 2. The molecular formula is C18H18N2O5. The summed E-state index contributed by atoms with van der Waals surface area (Å²) >= 11 is 0. The molecule has 0 bridgehead atoms. The van der Waals surface area contributed by atoms with Crippen LogP contribution in [0, 0.1) is 0 Å². The van der Waals surface area contributed by atoms with Gasteiger partial charge in [0.1, 0.15) is 5.75 Å². The third-order valence-electron chi connectivity index (χ3n) is 2.97. The first kappa shape index (κ1) is 18.0. The Morgan fingerprint density at radius 2 is 1.76 bits per heavy atom. The van der Waals surface area contributed by atoms with E-state index in [2.05, 4.69) is 10.5 Å². The molecular weight excluding hydrogens is 324 g/mol. The normalized spacial score (nSPS) is 10.3. The Bertz CT molecular complexity index is 756. The molecule has 25 heavy (non-hydrogen) atoms. The first-order valence-electron chi connectivity index (χ1n) is 7.44. The quantitative estimate of drug-likeness (QED) is 0.361. The molecule has 0 spiro atoms. The van der Waals surface area contributed by atoms with Crippen molar-refractivity contribution < 1.29 is 23.8 Å². The summed E-state index contributed by atoms with van der Waals surface area (Å²) in [6, 6.07) is 13.7. The second-order valence-corrected chi connectivity index (χ2v) is 4.90. The number of methoxy groups -OCH3 is 1. The van der Waals surface area contributed by atoms with E-state index in [1.165, 1.54) is 20.2 Å². The number of ether oxygens (including phenoxy) is 3. The lowest BCUT2D eigenvalue weighted by Gasteiger charge is -2.09. The van der Waals surface area contributed by atoms with Gasteiger partial charge in [0.2, 0.25) is 0 Å². The minimum Gasteiger partial charge on any atom is -0.493 e. The second kappa shape index (κ2) is 9.07. The molecule has 0 radical (unpaired) electrons. The largest absolute Gasteiger partial charge is 0.493 e. The van der Waals surface area contributed by atoms with Gasteiger partial charge in [-0.25, -0.2) is 5.43 Å². The molecule has 0 fully saturated rings. The van der Waals surface area contributed by atoms with E-state index in [0.29, 0.717) is 17.2 Å². The van der Waals surface area contributed by atoms with Crippen LogP contribution in [0.4, 0.5) is 0 Å². The van der Waals surface area contributed by atoms with E-state index in [9.17, 15) is 9.59 Å². The number of hydrogen-bond donors (Lipinski definition) is 1. The van der Waals surface area contributed by atoms with Crippen LogP contribution in [0.5, 0.6) is 17.2 Å². The Kier molecular flexibility index (Phi) is 6.53. The molecule has 1 amide bonds. The number of hydrazone groups is 1. The van der Waals surface area contributed by atoms with Crippen LogP contribution in [-0.4, -0.2) is 31.8 Å². The summed E-state index contributed by atoms with van der Waals surface area (Å²) in [7, 11) is 1.53. The first-order valence-corrected chi connectivity index (χ1v) is 7.44. The third kappa shape index (κ3) is 5.98. The molecule has 2 rings (SSSR count). The van der Waals surface area contributed by atoms with Crippen LogP contribution in [0.3, 0.4) is 0 Å². The molecule has 0 saturated carbocycles. The predicted molar refractivity (Wildman–Crippen MR) is 92.0 cm³/mol. The van der Waals surface area contributed by atoms with Crippen LogP contribution in [-0.2, 0) is 9.59 Å². The van der Waals surface area contributed by atoms with Crippen LogP contribution < -0.4 is 19.6 Å². The average Bonchev–Trinajstić information content (AvgIpc) is 2.61. The topological polar surface area (TPSA) is 86.2 Å². The monoisotopic (exact) mass is 342 g/mol. The number of amides is 1. The summed E-state index contributed by atoms with van der Waals surface area (Å²) in [5.74, 6) is 0.679. The van der Waals surface area contributed by atoms with Crippen molar-refractivity contribution in [2.75, 3.05) is 13.7 Å². The lowest BCUT2D eigenvalue weighted by atomic mass is 10.2. The zero-order valence-corrected chi connectivity index (χ0v) is 13.9. The SMILES string of the molecule is COc1ccccc1OCC(=O)N/N=C\c1ccc(OC(C)=O)cc1. The standard InChI is InChI=1S/C18H18N2O5/c1-13(21)25-15-9-7-14(8-10-15)11-19-20-18(22)12-24-17-6-4-3-5-16(17)23-2/h3-11H,12H2,1-2H3,(H,20,22)/b19-11-. The zero-order valence-electron chi connectivity index (χ0n) is 13.9. The fraction of sp³-hybridized carbons (Fsp3) is 0.167. The molecule has 0 atom stereocenters. The van der Waals surface area contributed by atoms with Crippen molar-refractivity contribution in [2.45, 2.75) is 6.92 Å². The van der Waals surface area contributed by atoms with Gasteiger partial charge < -0.3 is 14.2 Å². The summed E-state index contributed by atoms with van der Waals surface area (Å²) in [6.07, 6.45) is 1.47. The summed E-state index contributed by atoms with van der Waals surface area (Å²) in [5.41, 5.74) is 3.10. The fourth-order valence-electron chi connectivity index (χ4n) is 1.88. The highest BCUT2D eigenvalue weighted by Gasteiger charge is 2.05. The summed E-state index contributed by atoms with van der Waals surface area (Å²) in [5, 5.41) is 3.84. The highest BCUT2D eigenvalue weighted by atomic mass is 16.5. The Hall–Kier alpha value is -3.35. The van der Waals surface area contributed by atoms with Gasteiger partial charge >= 0.3 is 5.97 Å². The number of hydrogen-bond acceptors (Lipinski definition) is 6. The Labute approximate surface area is 145 Å². The zero-order chi connectivity index (χ0) is 18.1. The smallest absolute Gasteiger partial charge is 0.308 e. The van der Waals surface area contributed by atoms with Crippen molar-refractivity contribution in [1.29, 1.82) is 0 Å². The summed E-state index contributed by atoms with van der Waals surface area (Å²) in [6.45, 7) is 1.14. The number of rotatable bonds is 7. The van der Waals surface area contributed by atoms with Crippen molar-refractivity contribution in [1.82, 2.24) is 5.43 Å².